The normalized spacial score (nSPS) is 10.2. The summed E-state index contributed by atoms with van der Waals surface area (Å²) in [6.45, 7) is 1.94. The van der Waals surface area contributed by atoms with Gasteiger partial charge in [-0.25, -0.2) is 9.78 Å². The van der Waals surface area contributed by atoms with Gasteiger partial charge < -0.3 is 20.3 Å². The van der Waals surface area contributed by atoms with E-state index >= 15 is 0 Å². The van der Waals surface area contributed by atoms with Crippen LogP contribution >= 0.6 is 0 Å². The van der Waals surface area contributed by atoms with Crippen LogP contribution in [-0.2, 0) is 11.3 Å². The smallest absolute Gasteiger partial charge is 0.340 e. The average Bonchev–Trinajstić information content (AvgIpc) is 2.50. The first-order valence-electron chi connectivity index (χ1n) is 6.45. The molecule has 0 amide bonds. The van der Waals surface area contributed by atoms with Crippen molar-refractivity contribution in [2.45, 2.75) is 13.5 Å². The molecular formula is C15H16N2O4. The number of ether oxygens (including phenoxy) is 2. The van der Waals surface area contributed by atoms with E-state index in [9.17, 15) is 4.79 Å². The number of nitrogen functional groups attached to an aromatic ring is 1. The summed E-state index contributed by atoms with van der Waals surface area (Å²) in [6, 6.07) is 8.30. The maximum atomic E-state index is 11.7. The summed E-state index contributed by atoms with van der Waals surface area (Å²) in [7, 11) is 0. The third kappa shape index (κ3) is 3.49. The molecule has 2 aromatic rings. The van der Waals surface area contributed by atoms with Crippen LogP contribution in [0.5, 0.6) is 11.6 Å². The number of aliphatic hydroxyl groups is 1. The summed E-state index contributed by atoms with van der Waals surface area (Å²) in [5.41, 5.74) is 7.00. The average molecular weight is 288 g/mol. The van der Waals surface area contributed by atoms with Crippen molar-refractivity contribution in [1.29, 1.82) is 0 Å². The Bertz CT molecular complexity index is 626. The molecular weight excluding hydrogens is 272 g/mol. The minimum atomic E-state index is -0.516. The van der Waals surface area contributed by atoms with E-state index in [0.717, 1.165) is 5.56 Å². The number of nitrogens with zero attached hydrogens (tertiary/aromatic N) is 1. The van der Waals surface area contributed by atoms with Crippen molar-refractivity contribution in [2.24, 2.45) is 0 Å². The van der Waals surface area contributed by atoms with Gasteiger partial charge in [-0.15, -0.1) is 0 Å². The second kappa shape index (κ2) is 6.71. The first-order valence-corrected chi connectivity index (χ1v) is 6.45. The zero-order chi connectivity index (χ0) is 15.2. The summed E-state index contributed by atoms with van der Waals surface area (Å²) in [5.74, 6) is 0.127. The lowest BCUT2D eigenvalue weighted by Crippen LogP contribution is -2.09. The quantitative estimate of drug-likeness (QED) is 0.818. The fourth-order valence-corrected chi connectivity index (χ4v) is 1.70. The number of hydrogen-bond acceptors (Lipinski definition) is 6. The van der Waals surface area contributed by atoms with Gasteiger partial charge in [0.2, 0.25) is 5.88 Å². The lowest BCUT2D eigenvalue weighted by atomic mass is 10.2. The van der Waals surface area contributed by atoms with Gasteiger partial charge in [0.25, 0.3) is 0 Å². The summed E-state index contributed by atoms with van der Waals surface area (Å²) >= 11 is 0. The summed E-state index contributed by atoms with van der Waals surface area (Å²) in [6.07, 6.45) is 1.43. The Kier molecular flexibility index (Phi) is 4.73. The molecule has 0 aliphatic rings. The Morgan fingerprint density at radius 2 is 2.00 bits per heavy atom. The Labute approximate surface area is 122 Å². The molecule has 2 rings (SSSR count). The zero-order valence-electron chi connectivity index (χ0n) is 11.6. The van der Waals surface area contributed by atoms with Gasteiger partial charge in [0, 0.05) is 6.20 Å². The van der Waals surface area contributed by atoms with Crippen molar-refractivity contribution in [3.63, 3.8) is 0 Å². The molecule has 0 radical (unpaired) electrons. The van der Waals surface area contributed by atoms with E-state index in [4.69, 9.17) is 20.3 Å². The van der Waals surface area contributed by atoms with Crippen LogP contribution in [0.2, 0.25) is 0 Å². The van der Waals surface area contributed by atoms with Gasteiger partial charge in [-0.05, 0) is 30.7 Å². The predicted molar refractivity (Wildman–Crippen MR) is 77.0 cm³/mol. The highest BCUT2D eigenvalue weighted by Gasteiger charge is 2.15. The van der Waals surface area contributed by atoms with E-state index in [1.54, 1.807) is 31.2 Å². The second-order valence-electron chi connectivity index (χ2n) is 4.20. The number of esters is 1. The van der Waals surface area contributed by atoms with E-state index in [1.165, 1.54) is 12.3 Å². The molecule has 0 unspecified atom stereocenters. The molecule has 0 aliphatic heterocycles. The fourth-order valence-electron chi connectivity index (χ4n) is 1.70. The number of carbonyl (C=O) groups is 1. The highest BCUT2D eigenvalue weighted by molar-refractivity contribution is 5.96. The van der Waals surface area contributed by atoms with Crippen molar-refractivity contribution in [3.05, 3.63) is 47.7 Å². The molecule has 0 saturated heterocycles. The molecule has 0 fully saturated rings. The number of hydrogen-bond donors (Lipinski definition) is 2. The lowest BCUT2D eigenvalue weighted by Gasteiger charge is -2.10. The van der Waals surface area contributed by atoms with Crippen LogP contribution in [0.25, 0.3) is 0 Å². The largest absolute Gasteiger partial charge is 0.462 e. The molecule has 1 aromatic heterocycles. The van der Waals surface area contributed by atoms with Crippen LogP contribution in [0.15, 0.2) is 36.5 Å². The molecule has 0 aliphatic carbocycles. The van der Waals surface area contributed by atoms with E-state index in [-0.39, 0.29) is 30.3 Å². The number of aromatic nitrogens is 1. The van der Waals surface area contributed by atoms with Gasteiger partial charge in [0.05, 0.1) is 18.8 Å². The second-order valence-corrected chi connectivity index (χ2v) is 4.20. The maximum absolute atomic E-state index is 11.7. The predicted octanol–water partition coefficient (Wildman–Crippen LogP) is 2.13. The minimum Gasteiger partial charge on any atom is -0.462 e. The van der Waals surface area contributed by atoms with Gasteiger partial charge in [0.1, 0.15) is 11.4 Å². The first-order chi connectivity index (χ1) is 10.2. The molecule has 6 nitrogen and oxygen atoms in total. The third-order valence-corrected chi connectivity index (χ3v) is 2.77. The minimum absolute atomic E-state index is 0.0426. The SMILES string of the molecule is CCOC(=O)c1ccnc(Oc2ccc(CO)cc2)c1N. The highest BCUT2D eigenvalue weighted by atomic mass is 16.5. The Morgan fingerprint density at radius 1 is 1.29 bits per heavy atom. The van der Waals surface area contributed by atoms with Crippen molar-refractivity contribution in [2.75, 3.05) is 12.3 Å². The Morgan fingerprint density at radius 3 is 2.62 bits per heavy atom. The van der Waals surface area contributed by atoms with E-state index < -0.39 is 5.97 Å². The van der Waals surface area contributed by atoms with Crippen LogP contribution in [0.4, 0.5) is 5.69 Å². The van der Waals surface area contributed by atoms with Gasteiger partial charge in [-0.1, -0.05) is 12.1 Å². The highest BCUT2D eigenvalue weighted by Crippen LogP contribution is 2.28. The molecule has 0 saturated carbocycles. The van der Waals surface area contributed by atoms with Crippen LogP contribution in [0.3, 0.4) is 0 Å². The van der Waals surface area contributed by atoms with Crippen LogP contribution in [-0.4, -0.2) is 22.7 Å². The number of rotatable bonds is 5. The van der Waals surface area contributed by atoms with Crippen molar-refractivity contribution < 1.29 is 19.4 Å². The van der Waals surface area contributed by atoms with Crippen molar-refractivity contribution in [1.82, 2.24) is 4.98 Å². The molecule has 6 heteroatoms. The lowest BCUT2D eigenvalue weighted by molar-refractivity contribution is 0.0527. The van der Waals surface area contributed by atoms with E-state index in [2.05, 4.69) is 4.98 Å². The Hall–Kier alpha value is -2.60. The number of aliphatic hydroxyl groups excluding tert-OH is 1. The maximum Gasteiger partial charge on any atom is 0.340 e. The topological polar surface area (TPSA) is 94.7 Å². The molecule has 21 heavy (non-hydrogen) atoms. The van der Waals surface area contributed by atoms with Crippen molar-refractivity contribution in [3.8, 4) is 11.6 Å². The molecule has 3 N–H and O–H groups in total. The van der Waals surface area contributed by atoms with Gasteiger partial charge in [0.15, 0.2) is 0 Å². The first kappa shape index (κ1) is 14.8. The van der Waals surface area contributed by atoms with Crippen LogP contribution < -0.4 is 10.5 Å². The fraction of sp³-hybridized carbons (Fsp3) is 0.200. The molecule has 0 bridgehead atoms. The number of carbonyl (C=O) groups excluding carboxylic acids is 1. The van der Waals surface area contributed by atoms with Crippen LogP contribution in [0, 0.1) is 0 Å². The summed E-state index contributed by atoms with van der Waals surface area (Å²) in [4.78, 5) is 15.8. The van der Waals surface area contributed by atoms with E-state index in [0.29, 0.717) is 5.75 Å². The number of nitrogens with two attached hydrogens (primary N) is 1. The molecule has 0 spiro atoms. The Balaban J connectivity index is 2.23. The molecule has 1 aromatic carbocycles. The molecule has 110 valence electrons. The van der Waals surface area contributed by atoms with Crippen LogP contribution in [0.1, 0.15) is 22.8 Å². The zero-order valence-corrected chi connectivity index (χ0v) is 11.6. The van der Waals surface area contributed by atoms with Gasteiger partial charge >= 0.3 is 5.97 Å². The van der Waals surface area contributed by atoms with Gasteiger partial charge in [-0.2, -0.15) is 0 Å². The number of pyridine rings is 1. The number of anilines is 1. The van der Waals surface area contributed by atoms with E-state index in [1.807, 2.05) is 0 Å². The number of benzene rings is 1. The van der Waals surface area contributed by atoms with Gasteiger partial charge in [-0.3, -0.25) is 0 Å². The third-order valence-electron chi connectivity index (χ3n) is 2.77. The standard InChI is InChI=1S/C15H16N2O4/c1-2-20-15(19)12-7-8-17-14(13(12)16)21-11-5-3-10(9-18)4-6-11/h3-8,18H,2,9,16H2,1H3. The molecule has 0 atom stereocenters. The van der Waals surface area contributed by atoms with Crippen molar-refractivity contribution >= 4 is 11.7 Å². The summed E-state index contributed by atoms with van der Waals surface area (Å²) in [5, 5.41) is 8.99. The monoisotopic (exact) mass is 288 g/mol. The summed E-state index contributed by atoms with van der Waals surface area (Å²) < 4.78 is 10.5. The molecule has 1 heterocycles.